The molecule has 0 amide bonds. The smallest absolute Gasteiger partial charge is 0.0439 e. The van der Waals surface area contributed by atoms with Crippen LogP contribution < -0.4 is 0 Å². The third-order valence-corrected chi connectivity index (χ3v) is 3.12. The van der Waals surface area contributed by atoms with Gasteiger partial charge in [0.15, 0.2) is 0 Å². The molecule has 0 saturated carbocycles. The molecule has 0 fully saturated rings. The standard InChI is InChI=1S/C15H19N/c1-12-8-10-14(11-9-12)15(16(2)3)13-6-4-5-7-13/h4-11,13,15H,1-3H3. The molecule has 1 unspecified atom stereocenters. The van der Waals surface area contributed by atoms with Crippen molar-refractivity contribution in [3.05, 3.63) is 59.7 Å². The highest BCUT2D eigenvalue weighted by Gasteiger charge is 2.22. The zero-order valence-corrected chi connectivity index (χ0v) is 10.2. The Balaban J connectivity index is 2.29. The minimum Gasteiger partial charge on any atom is -0.301 e. The SMILES string of the molecule is Cc1ccc(C(C2C=CC=C2)N(C)C)cc1. The fourth-order valence-corrected chi connectivity index (χ4v) is 2.29. The second-order valence-corrected chi connectivity index (χ2v) is 4.67. The minimum atomic E-state index is 0.440. The minimum absolute atomic E-state index is 0.440. The molecule has 16 heavy (non-hydrogen) atoms. The summed E-state index contributed by atoms with van der Waals surface area (Å²) in [5, 5.41) is 0. The van der Waals surface area contributed by atoms with Crippen LogP contribution in [0.4, 0.5) is 0 Å². The average Bonchev–Trinajstić information content (AvgIpc) is 2.74. The van der Waals surface area contributed by atoms with Crippen LogP contribution in [0.3, 0.4) is 0 Å². The number of benzene rings is 1. The highest BCUT2D eigenvalue weighted by molar-refractivity contribution is 5.29. The summed E-state index contributed by atoms with van der Waals surface area (Å²) in [5.41, 5.74) is 2.70. The van der Waals surface area contributed by atoms with Crippen LogP contribution in [-0.4, -0.2) is 19.0 Å². The lowest BCUT2D eigenvalue weighted by atomic mass is 9.93. The lowest BCUT2D eigenvalue weighted by Crippen LogP contribution is -2.25. The van der Waals surface area contributed by atoms with Gasteiger partial charge < -0.3 is 4.90 Å². The Labute approximate surface area is 98.1 Å². The van der Waals surface area contributed by atoms with E-state index in [9.17, 15) is 0 Å². The van der Waals surface area contributed by atoms with Crippen LogP contribution in [-0.2, 0) is 0 Å². The van der Waals surface area contributed by atoms with E-state index in [2.05, 4.69) is 74.5 Å². The van der Waals surface area contributed by atoms with Crippen molar-refractivity contribution in [1.82, 2.24) is 4.90 Å². The zero-order valence-electron chi connectivity index (χ0n) is 10.2. The van der Waals surface area contributed by atoms with Crippen LogP contribution >= 0.6 is 0 Å². The highest BCUT2D eigenvalue weighted by atomic mass is 15.1. The van der Waals surface area contributed by atoms with Gasteiger partial charge in [-0.1, -0.05) is 54.1 Å². The highest BCUT2D eigenvalue weighted by Crippen LogP contribution is 2.31. The van der Waals surface area contributed by atoms with Crippen molar-refractivity contribution in [3.8, 4) is 0 Å². The quantitative estimate of drug-likeness (QED) is 0.744. The van der Waals surface area contributed by atoms with Gasteiger partial charge in [0.1, 0.15) is 0 Å². The molecule has 1 aliphatic rings. The molecule has 0 radical (unpaired) electrons. The number of allylic oxidation sites excluding steroid dienone is 2. The molecule has 0 bridgehead atoms. The van der Waals surface area contributed by atoms with Gasteiger partial charge in [-0.05, 0) is 26.6 Å². The van der Waals surface area contributed by atoms with Crippen molar-refractivity contribution in [1.29, 1.82) is 0 Å². The summed E-state index contributed by atoms with van der Waals surface area (Å²) >= 11 is 0. The number of aryl methyl sites for hydroxylation is 1. The summed E-state index contributed by atoms with van der Waals surface area (Å²) in [7, 11) is 4.29. The Morgan fingerprint density at radius 1 is 1.00 bits per heavy atom. The van der Waals surface area contributed by atoms with E-state index >= 15 is 0 Å². The molecule has 0 saturated heterocycles. The summed E-state index contributed by atoms with van der Waals surface area (Å²) in [5.74, 6) is 0.498. The van der Waals surface area contributed by atoms with E-state index in [-0.39, 0.29) is 0 Å². The van der Waals surface area contributed by atoms with E-state index < -0.39 is 0 Å². The molecule has 0 aliphatic heterocycles. The van der Waals surface area contributed by atoms with E-state index in [1.165, 1.54) is 11.1 Å². The number of hydrogen-bond donors (Lipinski definition) is 0. The molecule has 1 aromatic carbocycles. The molecule has 1 nitrogen and oxygen atoms in total. The molecular weight excluding hydrogens is 194 g/mol. The average molecular weight is 213 g/mol. The summed E-state index contributed by atoms with van der Waals surface area (Å²) < 4.78 is 0. The van der Waals surface area contributed by atoms with Gasteiger partial charge in [-0.2, -0.15) is 0 Å². The van der Waals surface area contributed by atoms with Crippen molar-refractivity contribution in [2.24, 2.45) is 5.92 Å². The van der Waals surface area contributed by atoms with Crippen molar-refractivity contribution in [2.75, 3.05) is 14.1 Å². The maximum absolute atomic E-state index is 2.29. The number of nitrogens with zero attached hydrogens (tertiary/aromatic N) is 1. The number of rotatable bonds is 3. The van der Waals surface area contributed by atoms with Gasteiger partial charge in [0.25, 0.3) is 0 Å². The molecule has 0 N–H and O–H groups in total. The summed E-state index contributed by atoms with van der Waals surface area (Å²) in [6, 6.07) is 9.29. The second kappa shape index (κ2) is 4.67. The first-order valence-electron chi connectivity index (χ1n) is 5.76. The first-order valence-corrected chi connectivity index (χ1v) is 5.76. The molecule has 0 spiro atoms. The van der Waals surface area contributed by atoms with Gasteiger partial charge in [-0.3, -0.25) is 0 Å². The normalized spacial score (nSPS) is 17.2. The van der Waals surface area contributed by atoms with Crippen molar-refractivity contribution in [2.45, 2.75) is 13.0 Å². The molecule has 1 heteroatoms. The van der Waals surface area contributed by atoms with Gasteiger partial charge in [0.2, 0.25) is 0 Å². The van der Waals surface area contributed by atoms with Crippen molar-refractivity contribution < 1.29 is 0 Å². The van der Waals surface area contributed by atoms with E-state index in [0.717, 1.165) is 0 Å². The fraction of sp³-hybridized carbons (Fsp3) is 0.333. The van der Waals surface area contributed by atoms with Gasteiger partial charge >= 0.3 is 0 Å². The second-order valence-electron chi connectivity index (χ2n) is 4.67. The topological polar surface area (TPSA) is 3.24 Å². The molecule has 84 valence electrons. The van der Waals surface area contributed by atoms with Crippen LogP contribution in [0.25, 0.3) is 0 Å². The maximum atomic E-state index is 2.29. The summed E-state index contributed by atoms with van der Waals surface area (Å²) in [6.07, 6.45) is 8.81. The molecular formula is C15H19N. The molecule has 1 aliphatic carbocycles. The zero-order chi connectivity index (χ0) is 11.5. The van der Waals surface area contributed by atoms with Crippen LogP contribution in [0.1, 0.15) is 17.2 Å². The van der Waals surface area contributed by atoms with E-state index in [4.69, 9.17) is 0 Å². The van der Waals surface area contributed by atoms with Gasteiger partial charge in [0.05, 0.1) is 0 Å². The third kappa shape index (κ3) is 2.25. The van der Waals surface area contributed by atoms with Crippen LogP contribution in [0, 0.1) is 12.8 Å². The number of hydrogen-bond acceptors (Lipinski definition) is 1. The monoisotopic (exact) mass is 213 g/mol. The third-order valence-electron chi connectivity index (χ3n) is 3.12. The van der Waals surface area contributed by atoms with Gasteiger partial charge in [-0.15, -0.1) is 0 Å². The Bertz CT molecular complexity index is 386. The molecule has 1 aromatic rings. The van der Waals surface area contributed by atoms with Crippen LogP contribution in [0.15, 0.2) is 48.6 Å². The molecule has 0 aromatic heterocycles. The van der Waals surface area contributed by atoms with Gasteiger partial charge in [-0.25, -0.2) is 0 Å². The van der Waals surface area contributed by atoms with Crippen molar-refractivity contribution >= 4 is 0 Å². The maximum Gasteiger partial charge on any atom is 0.0439 e. The van der Waals surface area contributed by atoms with E-state index in [0.29, 0.717) is 12.0 Å². The summed E-state index contributed by atoms with van der Waals surface area (Å²) in [4.78, 5) is 2.29. The first kappa shape index (κ1) is 11.2. The Morgan fingerprint density at radius 2 is 1.56 bits per heavy atom. The summed E-state index contributed by atoms with van der Waals surface area (Å²) in [6.45, 7) is 2.13. The van der Waals surface area contributed by atoms with Crippen molar-refractivity contribution in [3.63, 3.8) is 0 Å². The van der Waals surface area contributed by atoms with E-state index in [1.54, 1.807) is 0 Å². The van der Waals surface area contributed by atoms with Crippen LogP contribution in [0.2, 0.25) is 0 Å². The lowest BCUT2D eigenvalue weighted by Gasteiger charge is -2.28. The Kier molecular flexibility index (Phi) is 3.25. The van der Waals surface area contributed by atoms with Crippen LogP contribution in [0.5, 0.6) is 0 Å². The van der Waals surface area contributed by atoms with E-state index in [1.807, 2.05) is 0 Å². The largest absolute Gasteiger partial charge is 0.301 e. The molecule has 1 atom stereocenters. The molecule has 0 heterocycles. The Morgan fingerprint density at radius 3 is 2.06 bits per heavy atom. The predicted octanol–water partition coefficient (Wildman–Crippen LogP) is 3.34. The van der Waals surface area contributed by atoms with Gasteiger partial charge in [0, 0.05) is 12.0 Å². The predicted molar refractivity (Wildman–Crippen MR) is 69.4 cm³/mol. The lowest BCUT2D eigenvalue weighted by molar-refractivity contribution is 0.267. The first-order chi connectivity index (χ1) is 7.68. The Hall–Kier alpha value is -1.34. The fourth-order valence-electron chi connectivity index (χ4n) is 2.29. The molecule has 2 rings (SSSR count).